The van der Waals surface area contributed by atoms with Crippen molar-refractivity contribution in [2.24, 2.45) is 0 Å². The molecule has 0 aliphatic carbocycles. The van der Waals surface area contributed by atoms with Crippen LogP contribution in [0.1, 0.15) is 0 Å². The largest absolute Gasteiger partial charge is 0.303 e. The highest BCUT2D eigenvalue weighted by molar-refractivity contribution is 7.89. The van der Waals surface area contributed by atoms with Gasteiger partial charge in [0.15, 0.2) is 0 Å². The second-order valence-corrected chi connectivity index (χ2v) is 8.12. The van der Waals surface area contributed by atoms with Crippen molar-refractivity contribution in [3.8, 4) is 0 Å². The summed E-state index contributed by atoms with van der Waals surface area (Å²) >= 11 is 5.81. The lowest BCUT2D eigenvalue weighted by atomic mass is 10.2. The number of nitrogens with zero attached hydrogens (tertiary/aromatic N) is 3. The van der Waals surface area contributed by atoms with Crippen molar-refractivity contribution in [1.82, 2.24) is 14.1 Å². The molecule has 1 saturated heterocycles. The zero-order valence-electron chi connectivity index (χ0n) is 12.7. The van der Waals surface area contributed by atoms with Gasteiger partial charge in [-0.2, -0.15) is 4.31 Å². The van der Waals surface area contributed by atoms with E-state index in [1.165, 1.54) is 4.31 Å². The van der Waals surface area contributed by atoms with Gasteiger partial charge in [0.2, 0.25) is 10.0 Å². The molecule has 1 fully saturated rings. The van der Waals surface area contributed by atoms with E-state index in [0.717, 1.165) is 19.6 Å². The van der Waals surface area contributed by atoms with Crippen molar-refractivity contribution in [2.45, 2.75) is 10.9 Å². The van der Waals surface area contributed by atoms with Gasteiger partial charge in [0, 0.05) is 44.3 Å². The third-order valence-electron chi connectivity index (χ3n) is 3.97. The van der Waals surface area contributed by atoms with E-state index in [9.17, 15) is 8.42 Å². The number of hydrogen-bond acceptors (Lipinski definition) is 4. The van der Waals surface area contributed by atoms with Crippen molar-refractivity contribution < 1.29 is 8.42 Å². The number of likely N-dealkylation sites (N-methyl/N-ethyl adjacent to an activating group) is 3. The van der Waals surface area contributed by atoms with Gasteiger partial charge in [-0.05, 0) is 38.4 Å². The minimum absolute atomic E-state index is 0.204. The van der Waals surface area contributed by atoms with E-state index in [4.69, 9.17) is 11.6 Å². The minimum atomic E-state index is -3.47. The van der Waals surface area contributed by atoms with Crippen LogP contribution in [0.15, 0.2) is 29.2 Å². The zero-order chi connectivity index (χ0) is 15.6. The van der Waals surface area contributed by atoms with Crippen LogP contribution in [0.25, 0.3) is 0 Å². The molecule has 0 saturated carbocycles. The number of hydrogen-bond donors (Lipinski definition) is 0. The topological polar surface area (TPSA) is 43.9 Å². The molecule has 21 heavy (non-hydrogen) atoms. The molecule has 1 aliphatic rings. The second-order valence-electron chi connectivity index (χ2n) is 5.64. The predicted octanol–water partition coefficient (Wildman–Crippen LogP) is 1.21. The molecule has 1 aromatic rings. The average molecular weight is 332 g/mol. The molecule has 1 atom stereocenters. The summed E-state index contributed by atoms with van der Waals surface area (Å²) in [7, 11) is 2.27. The van der Waals surface area contributed by atoms with Crippen molar-refractivity contribution >= 4 is 21.6 Å². The first kappa shape index (κ1) is 16.7. The van der Waals surface area contributed by atoms with Crippen LogP contribution >= 0.6 is 11.6 Å². The number of rotatable bonds is 4. The Bertz CT molecular complexity index is 576. The molecule has 0 unspecified atom stereocenters. The summed E-state index contributed by atoms with van der Waals surface area (Å²) in [4.78, 5) is 4.72. The van der Waals surface area contributed by atoms with E-state index in [0.29, 0.717) is 11.6 Å². The Morgan fingerprint density at radius 1 is 1.24 bits per heavy atom. The zero-order valence-corrected chi connectivity index (χ0v) is 14.2. The maximum absolute atomic E-state index is 12.6. The summed E-state index contributed by atoms with van der Waals surface area (Å²) in [5.74, 6) is 0. The Morgan fingerprint density at radius 2 is 1.86 bits per heavy atom. The minimum Gasteiger partial charge on any atom is -0.303 e. The fraction of sp³-hybridized carbons (Fsp3) is 0.571. The van der Waals surface area contributed by atoms with E-state index in [1.54, 1.807) is 31.3 Å². The fourth-order valence-corrected chi connectivity index (χ4v) is 3.81. The summed E-state index contributed by atoms with van der Waals surface area (Å²) in [5, 5.41) is 0.533. The third-order valence-corrected chi connectivity index (χ3v) is 6.06. The molecular formula is C14H22ClN3O2S. The van der Waals surface area contributed by atoms with E-state index in [2.05, 4.69) is 16.8 Å². The predicted molar refractivity (Wildman–Crippen MR) is 85.2 cm³/mol. The van der Waals surface area contributed by atoms with Gasteiger partial charge in [-0.3, -0.25) is 4.90 Å². The molecule has 0 bridgehead atoms. The Hall–Kier alpha value is -0.660. The smallest absolute Gasteiger partial charge is 0.242 e. The molecule has 0 radical (unpaired) electrons. The average Bonchev–Trinajstić information content (AvgIpc) is 2.43. The van der Waals surface area contributed by atoms with Gasteiger partial charge in [-0.1, -0.05) is 11.6 Å². The highest BCUT2D eigenvalue weighted by Crippen LogP contribution is 2.18. The quantitative estimate of drug-likeness (QED) is 0.832. The molecule has 0 amide bonds. The van der Waals surface area contributed by atoms with E-state index >= 15 is 0 Å². The fourth-order valence-electron chi connectivity index (χ4n) is 2.48. The molecule has 2 rings (SSSR count). The second kappa shape index (κ2) is 6.62. The van der Waals surface area contributed by atoms with Crippen LogP contribution in [-0.4, -0.2) is 75.9 Å². The van der Waals surface area contributed by atoms with E-state index in [-0.39, 0.29) is 10.9 Å². The number of piperazine rings is 1. The van der Waals surface area contributed by atoms with Crippen LogP contribution in [0.2, 0.25) is 5.02 Å². The maximum Gasteiger partial charge on any atom is 0.242 e. The number of sulfonamides is 1. The standard InChI is InChI=1S/C14H22ClN3O2S/c1-16-8-9-17(2)13(10-16)11-18(3)21(19,20)14-6-4-12(15)5-7-14/h4-7,13H,8-11H2,1-3H3/t13-/m1/s1. The van der Waals surface area contributed by atoms with Gasteiger partial charge in [0.25, 0.3) is 0 Å². The van der Waals surface area contributed by atoms with Crippen LogP contribution in [0, 0.1) is 0 Å². The monoisotopic (exact) mass is 331 g/mol. The third kappa shape index (κ3) is 3.96. The molecule has 1 heterocycles. The molecular weight excluding hydrogens is 310 g/mol. The molecule has 7 heteroatoms. The van der Waals surface area contributed by atoms with Crippen LogP contribution in [0.4, 0.5) is 0 Å². The first-order chi connectivity index (χ1) is 9.80. The highest BCUT2D eigenvalue weighted by Gasteiger charge is 2.28. The van der Waals surface area contributed by atoms with Gasteiger partial charge >= 0.3 is 0 Å². The van der Waals surface area contributed by atoms with Crippen molar-refractivity contribution in [3.05, 3.63) is 29.3 Å². The van der Waals surface area contributed by atoms with Gasteiger partial charge in [0.1, 0.15) is 0 Å². The molecule has 5 nitrogen and oxygen atoms in total. The highest BCUT2D eigenvalue weighted by atomic mass is 35.5. The van der Waals surface area contributed by atoms with Gasteiger partial charge < -0.3 is 4.90 Å². The van der Waals surface area contributed by atoms with E-state index < -0.39 is 10.0 Å². The van der Waals surface area contributed by atoms with Gasteiger partial charge in [0.05, 0.1) is 4.90 Å². The van der Waals surface area contributed by atoms with Crippen molar-refractivity contribution in [1.29, 1.82) is 0 Å². The molecule has 0 spiro atoms. The molecule has 1 aliphatic heterocycles. The van der Waals surface area contributed by atoms with Crippen LogP contribution in [0.5, 0.6) is 0 Å². The van der Waals surface area contributed by atoms with Crippen LogP contribution in [0.3, 0.4) is 0 Å². The molecule has 0 aromatic heterocycles. The van der Waals surface area contributed by atoms with Crippen LogP contribution < -0.4 is 0 Å². The summed E-state index contributed by atoms with van der Waals surface area (Å²) in [6.07, 6.45) is 0. The van der Waals surface area contributed by atoms with Crippen molar-refractivity contribution in [3.63, 3.8) is 0 Å². The van der Waals surface area contributed by atoms with Gasteiger partial charge in [-0.15, -0.1) is 0 Å². The number of halogens is 1. The Balaban J connectivity index is 2.11. The Morgan fingerprint density at radius 3 is 2.48 bits per heavy atom. The SMILES string of the molecule is CN1CCN(C)[C@@H](CN(C)S(=O)(=O)c2ccc(Cl)cc2)C1. The number of benzene rings is 1. The Labute approximate surface area is 132 Å². The lowest BCUT2D eigenvalue weighted by Crippen LogP contribution is -2.54. The van der Waals surface area contributed by atoms with Crippen LogP contribution in [-0.2, 0) is 10.0 Å². The Kier molecular flexibility index (Phi) is 5.27. The summed E-state index contributed by atoms with van der Waals surface area (Å²) in [5.41, 5.74) is 0. The van der Waals surface area contributed by atoms with Gasteiger partial charge in [-0.25, -0.2) is 8.42 Å². The maximum atomic E-state index is 12.6. The first-order valence-corrected chi connectivity index (χ1v) is 8.73. The summed E-state index contributed by atoms with van der Waals surface area (Å²) < 4.78 is 26.5. The summed E-state index contributed by atoms with van der Waals surface area (Å²) in [6.45, 7) is 3.32. The van der Waals surface area contributed by atoms with Crippen molar-refractivity contribution in [2.75, 3.05) is 47.3 Å². The lowest BCUT2D eigenvalue weighted by Gasteiger charge is -2.39. The van der Waals surface area contributed by atoms with E-state index in [1.807, 2.05) is 7.05 Å². The summed E-state index contributed by atoms with van der Waals surface area (Å²) in [6, 6.07) is 6.50. The first-order valence-electron chi connectivity index (χ1n) is 6.91. The lowest BCUT2D eigenvalue weighted by molar-refractivity contribution is 0.104. The molecule has 1 aromatic carbocycles. The molecule has 0 N–H and O–H groups in total. The molecule has 118 valence electrons. The normalized spacial score (nSPS) is 21.9.